The zero-order valence-electron chi connectivity index (χ0n) is 9.55. The van der Waals surface area contributed by atoms with Crippen LogP contribution in [0.25, 0.3) is 0 Å². The average Bonchev–Trinajstić information content (AvgIpc) is 2.32. The van der Waals surface area contributed by atoms with Gasteiger partial charge in [-0.25, -0.2) is 4.98 Å². The molecule has 0 radical (unpaired) electrons. The van der Waals surface area contributed by atoms with E-state index in [-0.39, 0.29) is 11.5 Å². The van der Waals surface area contributed by atoms with E-state index in [0.717, 1.165) is 10.0 Å². The maximum Gasteiger partial charge on any atom is 0.262 e. The Morgan fingerprint density at radius 2 is 2.33 bits per heavy atom. The Morgan fingerprint density at radius 3 is 3.00 bits per heavy atom. The van der Waals surface area contributed by atoms with Gasteiger partial charge in [-0.2, -0.15) is 4.73 Å². The summed E-state index contributed by atoms with van der Waals surface area (Å²) < 4.78 is 1.42. The normalized spacial score (nSPS) is 10.1. The molecule has 2 rings (SSSR count). The minimum atomic E-state index is -0.363. The number of halogens is 1. The molecule has 0 atom stereocenters. The van der Waals surface area contributed by atoms with E-state index in [1.807, 2.05) is 13.0 Å². The summed E-state index contributed by atoms with van der Waals surface area (Å²) in [5.41, 5.74) is 1.13. The molecular weight excluding hydrogens is 298 g/mol. The van der Waals surface area contributed by atoms with E-state index in [1.54, 1.807) is 12.3 Å². The number of pyridine rings is 2. The van der Waals surface area contributed by atoms with Gasteiger partial charge in [0.15, 0.2) is 12.4 Å². The first-order valence-electron chi connectivity index (χ1n) is 5.18. The topological polar surface area (TPSA) is 68.9 Å². The van der Waals surface area contributed by atoms with Crippen LogP contribution in [0, 0.1) is 12.1 Å². The van der Waals surface area contributed by atoms with Gasteiger partial charge in [0, 0.05) is 16.7 Å². The molecule has 1 N–H and O–H groups in total. The Morgan fingerprint density at radius 1 is 1.56 bits per heavy atom. The quantitative estimate of drug-likeness (QED) is 0.682. The fraction of sp³-hybridized carbons (Fsp3) is 0.0833. The highest BCUT2D eigenvalue weighted by molar-refractivity contribution is 9.10. The number of aromatic nitrogens is 2. The summed E-state index contributed by atoms with van der Waals surface area (Å²) in [5.74, 6) is 0.114. The summed E-state index contributed by atoms with van der Waals surface area (Å²) in [6, 6.07) is 4.93. The second-order valence-electron chi connectivity index (χ2n) is 3.73. The van der Waals surface area contributed by atoms with Crippen molar-refractivity contribution < 1.29 is 9.52 Å². The molecule has 0 aliphatic rings. The van der Waals surface area contributed by atoms with Crippen molar-refractivity contribution in [2.24, 2.45) is 0 Å². The molecular formula is C12H10BrN3O2. The first-order valence-corrected chi connectivity index (χ1v) is 5.98. The van der Waals surface area contributed by atoms with Crippen LogP contribution in [0.5, 0.6) is 0 Å². The lowest BCUT2D eigenvalue weighted by atomic mass is 10.2. The highest BCUT2D eigenvalue weighted by Crippen LogP contribution is 2.17. The van der Waals surface area contributed by atoms with Gasteiger partial charge in [0.25, 0.3) is 5.91 Å². The standard InChI is InChI=1S/C12H10BrN3O2/c1-8-5-10(13)6-14-11(8)15-12(17)9-3-2-4-16(18)7-9/h2-7H,1H3,(H,14,15,17). The van der Waals surface area contributed by atoms with Crippen molar-refractivity contribution in [1.82, 2.24) is 4.98 Å². The zero-order valence-corrected chi connectivity index (χ0v) is 11.1. The van der Waals surface area contributed by atoms with Gasteiger partial charge in [-0.1, -0.05) is 0 Å². The molecule has 0 bridgehead atoms. The van der Waals surface area contributed by atoms with Crippen LogP contribution in [0.4, 0.5) is 5.82 Å². The Kier molecular flexibility index (Phi) is 3.57. The molecule has 0 spiro atoms. The number of carbonyl (C=O) groups is 1. The summed E-state index contributed by atoms with van der Waals surface area (Å²) in [7, 11) is 0. The minimum Gasteiger partial charge on any atom is -0.619 e. The number of nitrogens with zero attached hydrogens (tertiary/aromatic N) is 2. The van der Waals surface area contributed by atoms with E-state index in [0.29, 0.717) is 10.5 Å². The minimum absolute atomic E-state index is 0.289. The molecule has 18 heavy (non-hydrogen) atoms. The van der Waals surface area contributed by atoms with Crippen LogP contribution in [-0.2, 0) is 0 Å². The number of nitrogens with one attached hydrogen (secondary N) is 1. The SMILES string of the molecule is Cc1cc(Br)cnc1NC(=O)c1ccc[n+]([O-])c1. The third kappa shape index (κ3) is 2.84. The largest absolute Gasteiger partial charge is 0.619 e. The first-order chi connectivity index (χ1) is 8.56. The Hall–Kier alpha value is -1.95. The maximum atomic E-state index is 11.9. The van der Waals surface area contributed by atoms with Crippen molar-refractivity contribution >= 4 is 27.7 Å². The Labute approximate surface area is 112 Å². The van der Waals surface area contributed by atoms with Crippen LogP contribution >= 0.6 is 15.9 Å². The molecule has 5 nitrogen and oxygen atoms in total. The lowest BCUT2D eigenvalue weighted by Crippen LogP contribution is -2.27. The number of aryl methyl sites for hydroxylation is 1. The molecule has 1 amide bonds. The van der Waals surface area contributed by atoms with Gasteiger partial charge in [0.2, 0.25) is 0 Å². The van der Waals surface area contributed by atoms with Gasteiger partial charge in [-0.15, -0.1) is 0 Å². The monoisotopic (exact) mass is 307 g/mol. The molecule has 6 heteroatoms. The van der Waals surface area contributed by atoms with E-state index in [4.69, 9.17) is 0 Å². The van der Waals surface area contributed by atoms with Gasteiger partial charge >= 0.3 is 0 Å². The second kappa shape index (κ2) is 5.14. The number of carbonyl (C=O) groups excluding carboxylic acids is 1. The average molecular weight is 308 g/mol. The van der Waals surface area contributed by atoms with Crippen LogP contribution in [0.3, 0.4) is 0 Å². The predicted octanol–water partition coefficient (Wildman–Crippen LogP) is 2.04. The molecule has 0 aliphatic heterocycles. The van der Waals surface area contributed by atoms with E-state index in [1.165, 1.54) is 18.5 Å². The van der Waals surface area contributed by atoms with Crippen molar-refractivity contribution in [2.75, 3.05) is 5.32 Å². The zero-order chi connectivity index (χ0) is 13.1. The number of rotatable bonds is 2. The highest BCUT2D eigenvalue weighted by atomic mass is 79.9. The van der Waals surface area contributed by atoms with Crippen LogP contribution in [0.15, 0.2) is 41.3 Å². The van der Waals surface area contributed by atoms with Gasteiger partial charge in [0.05, 0.1) is 0 Å². The number of hydrogen-bond acceptors (Lipinski definition) is 3. The van der Waals surface area contributed by atoms with Gasteiger partial charge in [-0.05, 0) is 40.5 Å². The smallest absolute Gasteiger partial charge is 0.262 e. The molecule has 2 heterocycles. The van der Waals surface area contributed by atoms with E-state index >= 15 is 0 Å². The van der Waals surface area contributed by atoms with Gasteiger partial charge < -0.3 is 10.5 Å². The number of amides is 1. The highest BCUT2D eigenvalue weighted by Gasteiger charge is 2.11. The van der Waals surface area contributed by atoms with Crippen LogP contribution in [0.2, 0.25) is 0 Å². The van der Waals surface area contributed by atoms with E-state index in [9.17, 15) is 10.0 Å². The molecule has 2 aromatic rings. The Balaban J connectivity index is 2.21. The molecule has 0 saturated heterocycles. The fourth-order valence-corrected chi connectivity index (χ4v) is 1.89. The summed E-state index contributed by atoms with van der Waals surface area (Å²) in [5, 5.41) is 13.7. The van der Waals surface area contributed by atoms with Crippen molar-refractivity contribution in [3.05, 3.63) is 57.6 Å². The summed E-state index contributed by atoms with van der Waals surface area (Å²) >= 11 is 3.30. The number of anilines is 1. The van der Waals surface area contributed by atoms with Crippen molar-refractivity contribution in [2.45, 2.75) is 6.92 Å². The maximum absolute atomic E-state index is 11.9. The molecule has 0 aliphatic carbocycles. The molecule has 0 saturated carbocycles. The van der Waals surface area contributed by atoms with Crippen LogP contribution < -0.4 is 10.0 Å². The third-order valence-electron chi connectivity index (χ3n) is 2.31. The van der Waals surface area contributed by atoms with Gasteiger partial charge in [-0.3, -0.25) is 4.79 Å². The summed E-state index contributed by atoms with van der Waals surface area (Å²) in [4.78, 5) is 16.0. The molecule has 92 valence electrons. The van der Waals surface area contributed by atoms with Crippen LogP contribution in [-0.4, -0.2) is 10.9 Å². The van der Waals surface area contributed by atoms with Gasteiger partial charge in [0.1, 0.15) is 11.4 Å². The molecule has 2 aromatic heterocycles. The second-order valence-corrected chi connectivity index (χ2v) is 4.64. The van der Waals surface area contributed by atoms with Crippen LogP contribution in [0.1, 0.15) is 15.9 Å². The van der Waals surface area contributed by atoms with E-state index < -0.39 is 0 Å². The van der Waals surface area contributed by atoms with Crippen molar-refractivity contribution in [1.29, 1.82) is 0 Å². The van der Waals surface area contributed by atoms with Crippen molar-refractivity contribution in [3.63, 3.8) is 0 Å². The molecule has 0 aromatic carbocycles. The Bertz CT molecular complexity index is 602. The summed E-state index contributed by atoms with van der Waals surface area (Å²) in [6.07, 6.45) is 4.13. The lowest BCUT2D eigenvalue weighted by molar-refractivity contribution is -0.605. The molecule has 0 unspecified atom stereocenters. The van der Waals surface area contributed by atoms with E-state index in [2.05, 4.69) is 26.2 Å². The first kappa shape index (κ1) is 12.5. The summed E-state index contributed by atoms with van der Waals surface area (Å²) in [6.45, 7) is 1.84. The fourth-order valence-electron chi connectivity index (χ4n) is 1.44. The van der Waals surface area contributed by atoms with Crippen molar-refractivity contribution in [3.8, 4) is 0 Å². The predicted molar refractivity (Wildman–Crippen MR) is 70.0 cm³/mol. The number of hydrogen-bond donors (Lipinski definition) is 1. The lowest BCUT2D eigenvalue weighted by Gasteiger charge is -2.07. The third-order valence-corrected chi connectivity index (χ3v) is 2.75. The molecule has 0 fully saturated rings.